The van der Waals surface area contributed by atoms with Gasteiger partial charge in [0.15, 0.2) is 11.5 Å². The van der Waals surface area contributed by atoms with Gasteiger partial charge in [0.05, 0.1) is 26.5 Å². The minimum Gasteiger partial charge on any atom is -0.493 e. The van der Waals surface area contributed by atoms with Gasteiger partial charge in [-0.1, -0.05) is 36.4 Å². The van der Waals surface area contributed by atoms with Crippen molar-refractivity contribution in [1.29, 1.82) is 0 Å². The Bertz CT molecular complexity index is 1100. The molecule has 0 atom stereocenters. The Morgan fingerprint density at radius 2 is 1.74 bits per heavy atom. The lowest BCUT2D eigenvalue weighted by molar-refractivity contribution is 0.0778. The van der Waals surface area contributed by atoms with E-state index in [4.69, 9.17) is 14.2 Å². The second kappa shape index (κ2) is 9.34. The quantitative estimate of drug-likeness (QED) is 0.568. The molecule has 3 aromatic carbocycles. The number of amides is 1. The molecule has 0 unspecified atom stereocenters. The Hall–Kier alpha value is -3.80. The molecule has 158 valence electrons. The molecule has 3 aromatic rings. The van der Waals surface area contributed by atoms with Gasteiger partial charge in [0.1, 0.15) is 12.4 Å². The van der Waals surface area contributed by atoms with Crippen molar-refractivity contribution in [2.45, 2.75) is 13.0 Å². The van der Waals surface area contributed by atoms with Crippen LogP contribution < -0.4 is 14.2 Å². The van der Waals surface area contributed by atoms with Crippen LogP contribution in [0.3, 0.4) is 0 Å². The first-order valence-electron chi connectivity index (χ1n) is 10.1. The van der Waals surface area contributed by atoms with E-state index in [2.05, 4.69) is 5.10 Å². The van der Waals surface area contributed by atoms with Crippen molar-refractivity contribution in [1.82, 2.24) is 5.01 Å². The second-order valence-electron chi connectivity index (χ2n) is 7.10. The fourth-order valence-corrected chi connectivity index (χ4v) is 3.43. The van der Waals surface area contributed by atoms with Crippen LogP contribution in [0.15, 0.2) is 77.9 Å². The summed E-state index contributed by atoms with van der Waals surface area (Å²) >= 11 is 0. The fraction of sp³-hybridized carbons (Fsp3) is 0.200. The van der Waals surface area contributed by atoms with E-state index < -0.39 is 0 Å². The number of hydrazone groups is 1. The van der Waals surface area contributed by atoms with Crippen LogP contribution in [0.5, 0.6) is 17.2 Å². The third-order valence-corrected chi connectivity index (χ3v) is 5.08. The molecule has 1 heterocycles. The summed E-state index contributed by atoms with van der Waals surface area (Å²) in [7, 11) is 3.20. The Morgan fingerprint density at radius 1 is 0.935 bits per heavy atom. The second-order valence-corrected chi connectivity index (χ2v) is 7.10. The van der Waals surface area contributed by atoms with Crippen molar-refractivity contribution in [3.8, 4) is 17.2 Å². The largest absolute Gasteiger partial charge is 0.493 e. The maximum absolute atomic E-state index is 13.0. The third-order valence-electron chi connectivity index (χ3n) is 5.08. The first-order chi connectivity index (χ1) is 15.2. The van der Waals surface area contributed by atoms with Crippen LogP contribution in [0, 0.1) is 0 Å². The summed E-state index contributed by atoms with van der Waals surface area (Å²) in [4.78, 5) is 13.0. The molecule has 0 fully saturated rings. The Balaban J connectivity index is 1.47. The minimum absolute atomic E-state index is 0.152. The summed E-state index contributed by atoms with van der Waals surface area (Å²) in [6, 6.07) is 22.8. The minimum atomic E-state index is -0.152. The first-order valence-corrected chi connectivity index (χ1v) is 10.1. The van der Waals surface area contributed by atoms with Crippen LogP contribution in [0.4, 0.5) is 0 Å². The lowest BCUT2D eigenvalue weighted by atomic mass is 10.1. The topological polar surface area (TPSA) is 60.4 Å². The van der Waals surface area contributed by atoms with E-state index >= 15 is 0 Å². The van der Waals surface area contributed by atoms with Gasteiger partial charge in [-0.3, -0.25) is 4.79 Å². The van der Waals surface area contributed by atoms with E-state index in [-0.39, 0.29) is 5.91 Å². The number of rotatable bonds is 7. The normalized spacial score (nSPS) is 13.0. The number of ether oxygens (including phenoxy) is 3. The summed E-state index contributed by atoms with van der Waals surface area (Å²) in [6.07, 6.45) is 0.672. The lowest BCUT2D eigenvalue weighted by Gasteiger charge is -2.13. The Kier molecular flexibility index (Phi) is 6.17. The smallest absolute Gasteiger partial charge is 0.274 e. The van der Waals surface area contributed by atoms with E-state index in [9.17, 15) is 4.79 Å². The summed E-state index contributed by atoms with van der Waals surface area (Å²) in [5.74, 6) is 1.79. The number of carbonyl (C=O) groups excluding carboxylic acids is 1. The summed E-state index contributed by atoms with van der Waals surface area (Å²) in [5.41, 5.74) is 3.37. The molecule has 6 nitrogen and oxygen atoms in total. The zero-order chi connectivity index (χ0) is 21.6. The van der Waals surface area contributed by atoms with Gasteiger partial charge in [-0.2, -0.15) is 5.10 Å². The summed E-state index contributed by atoms with van der Waals surface area (Å²) < 4.78 is 16.5. The molecule has 6 heteroatoms. The Labute approximate surface area is 181 Å². The monoisotopic (exact) mass is 416 g/mol. The fourth-order valence-electron chi connectivity index (χ4n) is 3.43. The van der Waals surface area contributed by atoms with Crippen molar-refractivity contribution in [3.63, 3.8) is 0 Å². The number of carbonyl (C=O) groups is 1. The number of hydrogen-bond acceptors (Lipinski definition) is 5. The molecule has 4 rings (SSSR count). The van der Waals surface area contributed by atoms with Crippen molar-refractivity contribution in [2.24, 2.45) is 5.10 Å². The molecule has 0 N–H and O–H groups in total. The van der Waals surface area contributed by atoms with Crippen molar-refractivity contribution in [2.75, 3.05) is 20.8 Å². The molecule has 0 bridgehead atoms. The van der Waals surface area contributed by atoms with E-state index in [1.165, 1.54) is 5.01 Å². The molecule has 0 saturated carbocycles. The van der Waals surface area contributed by atoms with Crippen LogP contribution in [-0.2, 0) is 6.61 Å². The van der Waals surface area contributed by atoms with Gasteiger partial charge in [0.2, 0.25) is 0 Å². The average Bonchev–Trinajstić information content (AvgIpc) is 3.33. The maximum Gasteiger partial charge on any atom is 0.274 e. The highest BCUT2D eigenvalue weighted by atomic mass is 16.5. The molecule has 0 spiro atoms. The van der Waals surface area contributed by atoms with Gasteiger partial charge < -0.3 is 14.2 Å². The van der Waals surface area contributed by atoms with Crippen LogP contribution in [0.2, 0.25) is 0 Å². The molecular weight excluding hydrogens is 392 g/mol. The molecule has 31 heavy (non-hydrogen) atoms. The molecule has 0 aliphatic carbocycles. The van der Waals surface area contributed by atoms with E-state index in [0.29, 0.717) is 42.4 Å². The molecule has 1 amide bonds. The van der Waals surface area contributed by atoms with Crippen LogP contribution in [-0.4, -0.2) is 37.4 Å². The highest BCUT2D eigenvalue weighted by Gasteiger charge is 2.23. The maximum atomic E-state index is 13.0. The van der Waals surface area contributed by atoms with Crippen molar-refractivity contribution >= 4 is 11.6 Å². The van der Waals surface area contributed by atoms with Crippen LogP contribution in [0.1, 0.15) is 27.9 Å². The van der Waals surface area contributed by atoms with Gasteiger partial charge in [-0.15, -0.1) is 0 Å². The number of methoxy groups -OCH3 is 2. The number of hydrogen-bond donors (Lipinski definition) is 0. The van der Waals surface area contributed by atoms with E-state index in [1.54, 1.807) is 26.4 Å². The van der Waals surface area contributed by atoms with Crippen LogP contribution >= 0.6 is 0 Å². The van der Waals surface area contributed by atoms with Gasteiger partial charge in [-0.05, 0) is 42.0 Å². The molecule has 0 radical (unpaired) electrons. The lowest BCUT2D eigenvalue weighted by Crippen LogP contribution is -2.23. The highest BCUT2D eigenvalue weighted by Crippen LogP contribution is 2.29. The molecular formula is C25H24N2O4. The molecule has 1 aliphatic rings. The molecule has 1 aliphatic heterocycles. The predicted octanol–water partition coefficient (Wildman–Crippen LogP) is 4.53. The Morgan fingerprint density at radius 3 is 2.52 bits per heavy atom. The first kappa shape index (κ1) is 20.5. The summed E-state index contributed by atoms with van der Waals surface area (Å²) in [5, 5.41) is 6.05. The predicted molar refractivity (Wildman–Crippen MR) is 119 cm³/mol. The van der Waals surface area contributed by atoms with Crippen LogP contribution in [0.25, 0.3) is 0 Å². The van der Waals surface area contributed by atoms with E-state index in [1.807, 2.05) is 60.7 Å². The van der Waals surface area contributed by atoms with Gasteiger partial charge in [0, 0.05) is 17.5 Å². The van der Waals surface area contributed by atoms with Gasteiger partial charge in [0.25, 0.3) is 5.91 Å². The standard InChI is InChI=1S/C25H24N2O4/c1-29-23-12-11-19(16-24(23)30-2)22-13-14-27(26-22)25(28)20-9-6-10-21(15-20)31-17-18-7-4-3-5-8-18/h3-12,15-16H,13-14,17H2,1-2H3. The zero-order valence-electron chi connectivity index (χ0n) is 17.6. The number of benzene rings is 3. The van der Waals surface area contributed by atoms with Gasteiger partial charge in [-0.25, -0.2) is 5.01 Å². The molecule has 0 saturated heterocycles. The molecule has 0 aromatic heterocycles. The SMILES string of the molecule is COc1ccc(C2=NN(C(=O)c3cccc(OCc4ccccc4)c3)CC2)cc1OC. The zero-order valence-corrected chi connectivity index (χ0v) is 17.6. The van der Waals surface area contributed by atoms with E-state index in [0.717, 1.165) is 16.8 Å². The van der Waals surface area contributed by atoms with Crippen molar-refractivity contribution in [3.05, 3.63) is 89.5 Å². The summed E-state index contributed by atoms with van der Waals surface area (Å²) in [6.45, 7) is 0.974. The van der Waals surface area contributed by atoms with Crippen molar-refractivity contribution < 1.29 is 19.0 Å². The third kappa shape index (κ3) is 4.69. The average molecular weight is 416 g/mol. The number of nitrogens with zero attached hydrogens (tertiary/aromatic N) is 2. The highest BCUT2D eigenvalue weighted by molar-refractivity contribution is 6.04. The van der Waals surface area contributed by atoms with Gasteiger partial charge >= 0.3 is 0 Å².